The van der Waals surface area contributed by atoms with Crippen LogP contribution < -0.4 is 14.8 Å². The average Bonchev–Trinajstić information content (AvgIpc) is 3.00. The maximum absolute atomic E-state index is 12.0. The maximum atomic E-state index is 12.0. The molecule has 5 nitrogen and oxygen atoms in total. The van der Waals surface area contributed by atoms with Gasteiger partial charge in [0.1, 0.15) is 18.1 Å². The molecule has 0 fully saturated rings. The van der Waals surface area contributed by atoms with Gasteiger partial charge in [-0.05, 0) is 35.9 Å². The zero-order chi connectivity index (χ0) is 14.5. The number of nitrogens with zero attached hydrogens (tertiary/aromatic N) is 1. The molecule has 0 radical (unpaired) electrons. The predicted molar refractivity (Wildman–Crippen MR) is 77.7 cm³/mol. The largest absolute Gasteiger partial charge is 0.493 e. The van der Waals surface area contributed by atoms with E-state index in [1.165, 1.54) is 0 Å². The van der Waals surface area contributed by atoms with E-state index in [0.29, 0.717) is 31.1 Å². The maximum Gasteiger partial charge on any atom is 0.251 e. The van der Waals surface area contributed by atoms with E-state index >= 15 is 0 Å². The molecule has 2 aromatic rings. The van der Waals surface area contributed by atoms with Gasteiger partial charge in [0, 0.05) is 18.2 Å². The molecule has 0 unspecified atom stereocenters. The summed E-state index contributed by atoms with van der Waals surface area (Å²) < 4.78 is 10.9. The van der Waals surface area contributed by atoms with Gasteiger partial charge in [-0.3, -0.25) is 9.78 Å². The van der Waals surface area contributed by atoms with E-state index in [1.54, 1.807) is 24.5 Å². The number of benzene rings is 1. The first-order chi connectivity index (χ1) is 10.3. The lowest BCUT2D eigenvalue weighted by Gasteiger charge is -2.08. The van der Waals surface area contributed by atoms with Crippen molar-refractivity contribution in [3.05, 3.63) is 53.9 Å². The van der Waals surface area contributed by atoms with Gasteiger partial charge in [-0.1, -0.05) is 0 Å². The molecule has 1 aromatic heterocycles. The number of ether oxygens (including phenoxy) is 2. The standard InChI is InChI=1S/C16H16N2O3/c19-16(13-3-4-15-12(10-13)5-8-21-15)18-7-9-20-14-2-1-6-17-11-14/h1-4,6,10-11H,5,7-9H2,(H,18,19). The Hall–Kier alpha value is -2.56. The Kier molecular flexibility index (Phi) is 4.00. The van der Waals surface area contributed by atoms with Crippen molar-refractivity contribution in [2.45, 2.75) is 6.42 Å². The van der Waals surface area contributed by atoms with Crippen LogP contribution in [0.15, 0.2) is 42.7 Å². The summed E-state index contributed by atoms with van der Waals surface area (Å²) in [6.45, 7) is 1.55. The number of fused-ring (bicyclic) bond motifs is 1. The Morgan fingerprint density at radius 2 is 2.33 bits per heavy atom. The van der Waals surface area contributed by atoms with Crippen LogP contribution in [0.3, 0.4) is 0 Å². The van der Waals surface area contributed by atoms with E-state index in [2.05, 4.69) is 10.3 Å². The quantitative estimate of drug-likeness (QED) is 0.851. The van der Waals surface area contributed by atoms with Crippen molar-refractivity contribution in [2.24, 2.45) is 0 Å². The lowest BCUT2D eigenvalue weighted by Crippen LogP contribution is -2.28. The highest BCUT2D eigenvalue weighted by Gasteiger charge is 2.14. The minimum Gasteiger partial charge on any atom is -0.493 e. The molecule has 21 heavy (non-hydrogen) atoms. The van der Waals surface area contributed by atoms with Crippen molar-refractivity contribution < 1.29 is 14.3 Å². The van der Waals surface area contributed by atoms with Gasteiger partial charge in [0.2, 0.25) is 0 Å². The molecule has 1 aliphatic heterocycles. The Labute approximate surface area is 122 Å². The number of aromatic nitrogens is 1. The van der Waals surface area contributed by atoms with Gasteiger partial charge in [-0.2, -0.15) is 0 Å². The monoisotopic (exact) mass is 284 g/mol. The van der Waals surface area contributed by atoms with Crippen molar-refractivity contribution >= 4 is 5.91 Å². The number of pyridine rings is 1. The number of rotatable bonds is 5. The van der Waals surface area contributed by atoms with Crippen LogP contribution in [0.4, 0.5) is 0 Å². The molecule has 108 valence electrons. The number of nitrogens with one attached hydrogen (secondary N) is 1. The molecule has 0 aliphatic carbocycles. The van der Waals surface area contributed by atoms with E-state index in [9.17, 15) is 4.79 Å². The van der Waals surface area contributed by atoms with Crippen molar-refractivity contribution in [2.75, 3.05) is 19.8 Å². The van der Waals surface area contributed by atoms with E-state index in [-0.39, 0.29) is 5.91 Å². The highest BCUT2D eigenvalue weighted by molar-refractivity contribution is 5.94. The highest BCUT2D eigenvalue weighted by atomic mass is 16.5. The lowest BCUT2D eigenvalue weighted by atomic mass is 10.1. The fourth-order valence-corrected chi connectivity index (χ4v) is 2.20. The highest BCUT2D eigenvalue weighted by Crippen LogP contribution is 2.25. The van der Waals surface area contributed by atoms with Gasteiger partial charge in [-0.15, -0.1) is 0 Å². The number of hydrogen-bond acceptors (Lipinski definition) is 4. The molecule has 0 saturated carbocycles. The molecular weight excluding hydrogens is 268 g/mol. The first kappa shape index (κ1) is 13.4. The van der Waals surface area contributed by atoms with Crippen LogP contribution in [0.2, 0.25) is 0 Å². The number of amides is 1. The topological polar surface area (TPSA) is 60.5 Å². The summed E-state index contributed by atoms with van der Waals surface area (Å²) in [7, 11) is 0. The first-order valence-electron chi connectivity index (χ1n) is 6.90. The molecule has 0 bridgehead atoms. The van der Waals surface area contributed by atoms with Crippen molar-refractivity contribution in [3.63, 3.8) is 0 Å². The summed E-state index contributed by atoms with van der Waals surface area (Å²) in [5, 5.41) is 2.84. The van der Waals surface area contributed by atoms with E-state index in [4.69, 9.17) is 9.47 Å². The van der Waals surface area contributed by atoms with Gasteiger partial charge < -0.3 is 14.8 Å². The van der Waals surface area contributed by atoms with Gasteiger partial charge in [-0.25, -0.2) is 0 Å². The summed E-state index contributed by atoms with van der Waals surface area (Å²) in [4.78, 5) is 16.0. The fourth-order valence-electron chi connectivity index (χ4n) is 2.20. The number of hydrogen-bond donors (Lipinski definition) is 1. The normalized spacial score (nSPS) is 12.4. The smallest absolute Gasteiger partial charge is 0.251 e. The Morgan fingerprint density at radius 1 is 1.38 bits per heavy atom. The fraction of sp³-hybridized carbons (Fsp3) is 0.250. The van der Waals surface area contributed by atoms with E-state index in [0.717, 1.165) is 17.7 Å². The van der Waals surface area contributed by atoms with Crippen LogP contribution in [-0.2, 0) is 6.42 Å². The first-order valence-corrected chi connectivity index (χ1v) is 6.90. The molecule has 0 saturated heterocycles. The van der Waals surface area contributed by atoms with Crippen LogP contribution >= 0.6 is 0 Å². The molecule has 0 spiro atoms. The Bertz CT molecular complexity index is 629. The second-order valence-corrected chi connectivity index (χ2v) is 4.71. The summed E-state index contributed by atoms with van der Waals surface area (Å²) in [6.07, 6.45) is 4.19. The minimum absolute atomic E-state index is 0.0977. The van der Waals surface area contributed by atoms with Gasteiger partial charge >= 0.3 is 0 Å². The van der Waals surface area contributed by atoms with Crippen molar-refractivity contribution in [1.29, 1.82) is 0 Å². The molecule has 0 atom stereocenters. The lowest BCUT2D eigenvalue weighted by molar-refractivity contribution is 0.0947. The van der Waals surface area contributed by atoms with Crippen LogP contribution in [0, 0.1) is 0 Å². The molecule has 3 rings (SSSR count). The van der Waals surface area contributed by atoms with Crippen LogP contribution in [0.25, 0.3) is 0 Å². The third kappa shape index (κ3) is 3.31. The molecule has 1 aromatic carbocycles. The second kappa shape index (κ2) is 6.26. The summed E-state index contributed by atoms with van der Waals surface area (Å²) in [5.74, 6) is 1.48. The molecule has 2 heterocycles. The number of carbonyl (C=O) groups is 1. The van der Waals surface area contributed by atoms with Gasteiger partial charge in [0.15, 0.2) is 0 Å². The average molecular weight is 284 g/mol. The van der Waals surface area contributed by atoms with Gasteiger partial charge in [0.05, 0.1) is 19.3 Å². The number of carbonyl (C=O) groups excluding carboxylic acids is 1. The Balaban J connectivity index is 1.48. The zero-order valence-corrected chi connectivity index (χ0v) is 11.5. The molecular formula is C16H16N2O3. The molecule has 1 aliphatic rings. The molecule has 1 N–H and O–H groups in total. The molecule has 1 amide bonds. The second-order valence-electron chi connectivity index (χ2n) is 4.71. The SMILES string of the molecule is O=C(NCCOc1cccnc1)c1ccc2c(c1)CCO2. The van der Waals surface area contributed by atoms with Crippen LogP contribution in [0.1, 0.15) is 15.9 Å². The minimum atomic E-state index is -0.0977. The van der Waals surface area contributed by atoms with Crippen molar-refractivity contribution in [1.82, 2.24) is 10.3 Å². The van der Waals surface area contributed by atoms with E-state index in [1.807, 2.05) is 18.2 Å². The Morgan fingerprint density at radius 3 is 3.19 bits per heavy atom. The zero-order valence-electron chi connectivity index (χ0n) is 11.5. The van der Waals surface area contributed by atoms with E-state index < -0.39 is 0 Å². The summed E-state index contributed by atoms with van der Waals surface area (Å²) >= 11 is 0. The predicted octanol–water partition coefficient (Wildman–Crippen LogP) is 1.83. The third-order valence-electron chi connectivity index (χ3n) is 3.24. The van der Waals surface area contributed by atoms with Crippen LogP contribution in [-0.4, -0.2) is 30.6 Å². The van der Waals surface area contributed by atoms with Crippen LogP contribution in [0.5, 0.6) is 11.5 Å². The van der Waals surface area contributed by atoms with Crippen molar-refractivity contribution in [3.8, 4) is 11.5 Å². The summed E-state index contributed by atoms with van der Waals surface area (Å²) in [6, 6.07) is 9.15. The molecule has 5 heteroatoms. The summed E-state index contributed by atoms with van der Waals surface area (Å²) in [5.41, 5.74) is 1.75. The van der Waals surface area contributed by atoms with Gasteiger partial charge in [0.25, 0.3) is 5.91 Å². The third-order valence-corrected chi connectivity index (χ3v) is 3.24.